The van der Waals surface area contributed by atoms with Gasteiger partial charge in [0.05, 0.1) is 6.04 Å². The largest absolute Gasteiger partial charge is 0.370 e. The first-order chi connectivity index (χ1) is 25.1. The van der Waals surface area contributed by atoms with E-state index < -0.39 is 29.9 Å². The van der Waals surface area contributed by atoms with Gasteiger partial charge in [-0.05, 0) is 65.1 Å². The molecule has 0 bridgehead atoms. The number of carbonyl (C=O) groups is 3. The lowest BCUT2D eigenvalue weighted by molar-refractivity contribution is -0.132. The minimum atomic E-state index is -1.00. The van der Waals surface area contributed by atoms with Crippen molar-refractivity contribution in [3.63, 3.8) is 0 Å². The van der Waals surface area contributed by atoms with E-state index in [1.54, 1.807) is 0 Å². The van der Waals surface area contributed by atoms with E-state index in [2.05, 4.69) is 26.6 Å². The average Bonchev–Trinajstić information content (AvgIpc) is 3.14. The topological polar surface area (TPSA) is 237 Å². The zero-order valence-electron chi connectivity index (χ0n) is 29.3. The molecule has 0 spiro atoms. The third-order valence-electron chi connectivity index (χ3n) is 8.58. The van der Waals surface area contributed by atoms with Crippen LogP contribution in [0.15, 0.2) is 97.1 Å². The highest BCUT2D eigenvalue weighted by Crippen LogP contribution is 2.20. The molecular weight excluding hydrogens is 656 g/mol. The van der Waals surface area contributed by atoms with Gasteiger partial charge in [-0.2, -0.15) is 0 Å². The summed E-state index contributed by atoms with van der Waals surface area (Å²) in [4.78, 5) is 40.8. The maximum Gasteiger partial charge on any atom is 0.243 e. The number of amides is 3. The number of hydrogen-bond acceptors (Lipinski definition) is 6. The number of hydrogen-bond donors (Lipinski definition) is 10. The Bertz CT molecular complexity index is 1800. The van der Waals surface area contributed by atoms with Gasteiger partial charge in [-0.1, -0.05) is 97.1 Å². The van der Waals surface area contributed by atoms with Crippen LogP contribution in [0.5, 0.6) is 0 Å². The van der Waals surface area contributed by atoms with Crippen LogP contribution in [0.25, 0.3) is 21.9 Å². The molecule has 0 aliphatic heterocycles. The van der Waals surface area contributed by atoms with Crippen molar-refractivity contribution in [3.8, 4) is 11.1 Å². The van der Waals surface area contributed by atoms with Crippen LogP contribution >= 0.6 is 0 Å². The zero-order valence-corrected chi connectivity index (χ0v) is 29.3. The first kappa shape index (κ1) is 38.8. The molecule has 0 aliphatic rings. The average molecular weight is 707 g/mol. The molecule has 0 saturated heterocycles. The summed E-state index contributed by atoms with van der Waals surface area (Å²) in [5.41, 5.74) is 21.0. The predicted octanol–water partition coefficient (Wildman–Crippen LogP) is 2.23. The van der Waals surface area contributed by atoms with Crippen LogP contribution in [0.4, 0.5) is 0 Å². The van der Waals surface area contributed by atoms with Crippen LogP contribution in [-0.2, 0) is 27.2 Å². The van der Waals surface area contributed by atoms with Gasteiger partial charge in [0.1, 0.15) is 12.1 Å². The molecule has 0 saturated carbocycles. The number of benzene rings is 4. The van der Waals surface area contributed by atoms with Crippen molar-refractivity contribution in [1.29, 1.82) is 10.8 Å². The summed E-state index contributed by atoms with van der Waals surface area (Å²) < 4.78 is 0. The molecule has 0 radical (unpaired) electrons. The van der Waals surface area contributed by atoms with Gasteiger partial charge in [-0.3, -0.25) is 25.2 Å². The third-order valence-corrected chi connectivity index (χ3v) is 8.58. The normalized spacial score (nSPS) is 12.6. The van der Waals surface area contributed by atoms with E-state index in [9.17, 15) is 14.4 Å². The molecule has 52 heavy (non-hydrogen) atoms. The summed E-state index contributed by atoms with van der Waals surface area (Å²) in [6.07, 6.45) is 2.42. The number of nitrogens with two attached hydrogens (primary N) is 3. The van der Waals surface area contributed by atoms with Crippen LogP contribution in [0, 0.1) is 10.8 Å². The fraction of sp³-hybridized carbons (Fsp3) is 0.308. The van der Waals surface area contributed by atoms with Crippen molar-refractivity contribution in [2.75, 3.05) is 19.6 Å². The van der Waals surface area contributed by atoms with Crippen LogP contribution in [0.3, 0.4) is 0 Å². The molecule has 0 aromatic heterocycles. The molecule has 4 aromatic carbocycles. The van der Waals surface area contributed by atoms with E-state index in [-0.39, 0.29) is 37.1 Å². The van der Waals surface area contributed by atoms with Gasteiger partial charge >= 0.3 is 0 Å². The summed E-state index contributed by atoms with van der Waals surface area (Å²) in [5, 5.41) is 30.9. The van der Waals surface area contributed by atoms with Crippen molar-refractivity contribution in [3.05, 3.63) is 108 Å². The highest BCUT2D eigenvalue weighted by atomic mass is 16.2. The van der Waals surface area contributed by atoms with Gasteiger partial charge in [-0.15, -0.1) is 0 Å². The Balaban J connectivity index is 1.45. The number of rotatable bonds is 19. The second-order valence-corrected chi connectivity index (χ2v) is 12.7. The molecule has 4 aromatic rings. The SMILES string of the molecule is N=C(N)NCCCCNC(=O)[C@H](Cc1ccc2ccccc2c1)NC(=O)[C@H](CCCNC(=N)N)NC(=O)[C@@H](N)Cc1ccc(-c2ccccc2)cc1. The van der Waals surface area contributed by atoms with Crippen LogP contribution in [-0.4, -0.2) is 67.4 Å². The van der Waals surface area contributed by atoms with E-state index in [1.807, 2.05) is 97.1 Å². The van der Waals surface area contributed by atoms with Gasteiger partial charge in [-0.25, -0.2) is 0 Å². The molecule has 13 nitrogen and oxygen atoms in total. The van der Waals surface area contributed by atoms with E-state index in [0.717, 1.165) is 33.0 Å². The number of guanidine groups is 2. The predicted molar refractivity (Wildman–Crippen MR) is 206 cm³/mol. The van der Waals surface area contributed by atoms with Crippen molar-refractivity contribution in [2.24, 2.45) is 17.2 Å². The summed E-state index contributed by atoms with van der Waals surface area (Å²) in [5.74, 6) is -1.70. The zero-order chi connectivity index (χ0) is 37.3. The molecule has 13 N–H and O–H groups in total. The van der Waals surface area contributed by atoms with Crippen LogP contribution < -0.4 is 43.8 Å². The number of carbonyl (C=O) groups excluding carboxylic acids is 3. The monoisotopic (exact) mass is 706 g/mol. The number of unbranched alkanes of at least 4 members (excludes halogenated alkanes) is 1. The fourth-order valence-corrected chi connectivity index (χ4v) is 5.78. The first-order valence-corrected chi connectivity index (χ1v) is 17.5. The van der Waals surface area contributed by atoms with Crippen molar-refractivity contribution >= 4 is 40.4 Å². The Hall–Kier alpha value is -5.95. The van der Waals surface area contributed by atoms with Crippen molar-refractivity contribution in [2.45, 2.75) is 56.7 Å². The molecule has 0 unspecified atom stereocenters. The van der Waals surface area contributed by atoms with Gasteiger partial charge in [0.2, 0.25) is 17.7 Å². The minimum absolute atomic E-state index is 0.112. The fourth-order valence-electron chi connectivity index (χ4n) is 5.78. The molecule has 4 rings (SSSR count). The highest BCUT2D eigenvalue weighted by molar-refractivity contribution is 5.93. The Kier molecular flexibility index (Phi) is 15.0. The summed E-state index contributed by atoms with van der Waals surface area (Å²) in [6, 6.07) is 28.7. The molecule has 3 atom stereocenters. The summed E-state index contributed by atoms with van der Waals surface area (Å²) in [7, 11) is 0. The Morgan fingerprint density at radius 3 is 1.79 bits per heavy atom. The quantitative estimate of drug-likeness (QED) is 0.0393. The second kappa shape index (κ2) is 20.0. The maximum absolute atomic E-state index is 13.9. The Morgan fingerprint density at radius 1 is 0.558 bits per heavy atom. The minimum Gasteiger partial charge on any atom is -0.370 e. The Morgan fingerprint density at radius 2 is 1.12 bits per heavy atom. The molecular formula is C39H50N10O3. The first-order valence-electron chi connectivity index (χ1n) is 17.5. The van der Waals surface area contributed by atoms with E-state index >= 15 is 0 Å². The molecule has 0 heterocycles. The summed E-state index contributed by atoms with van der Waals surface area (Å²) in [6.45, 7) is 1.18. The van der Waals surface area contributed by atoms with Gasteiger partial charge < -0.3 is 43.8 Å². The molecule has 3 amide bonds. The third kappa shape index (κ3) is 12.7. The van der Waals surface area contributed by atoms with Crippen molar-refractivity contribution < 1.29 is 14.4 Å². The standard InChI is InChI=1S/C39H50N10O3/c40-32(24-26-14-17-30(18-15-26)28-9-2-1-3-10-28)35(50)48-33(13-8-22-47-39(43)44)37(52)49-34(36(51)45-20-6-7-21-46-38(41)42)25-27-16-19-29-11-4-5-12-31(29)23-27/h1-5,9-12,14-19,23,32-34H,6-8,13,20-22,24-25,40H2,(H,45,51)(H,48,50)(H,49,52)(H4,41,42,46)(H4,43,44,47)/t32-,33-,34-/m0/s1. The Labute approximate surface area is 304 Å². The van der Waals surface area contributed by atoms with E-state index in [1.165, 1.54) is 0 Å². The maximum atomic E-state index is 13.9. The number of fused-ring (bicyclic) bond motifs is 1. The second-order valence-electron chi connectivity index (χ2n) is 12.7. The molecule has 0 aliphatic carbocycles. The van der Waals surface area contributed by atoms with Crippen LogP contribution in [0.2, 0.25) is 0 Å². The van der Waals surface area contributed by atoms with E-state index in [0.29, 0.717) is 38.9 Å². The van der Waals surface area contributed by atoms with Gasteiger partial charge in [0.15, 0.2) is 11.9 Å². The van der Waals surface area contributed by atoms with Gasteiger partial charge in [0.25, 0.3) is 0 Å². The highest BCUT2D eigenvalue weighted by Gasteiger charge is 2.28. The lowest BCUT2D eigenvalue weighted by atomic mass is 9.99. The molecule has 274 valence electrons. The smallest absolute Gasteiger partial charge is 0.243 e. The van der Waals surface area contributed by atoms with E-state index in [4.69, 9.17) is 28.0 Å². The van der Waals surface area contributed by atoms with Crippen LogP contribution in [0.1, 0.15) is 36.8 Å². The molecule has 13 heteroatoms. The lowest BCUT2D eigenvalue weighted by Crippen LogP contribution is -2.56. The summed E-state index contributed by atoms with van der Waals surface area (Å²) >= 11 is 0. The van der Waals surface area contributed by atoms with Gasteiger partial charge in [0, 0.05) is 26.1 Å². The molecule has 0 fully saturated rings. The lowest BCUT2D eigenvalue weighted by Gasteiger charge is -2.25. The van der Waals surface area contributed by atoms with Crippen molar-refractivity contribution in [1.82, 2.24) is 26.6 Å². The number of nitrogens with one attached hydrogen (secondary N) is 7.